The van der Waals surface area contributed by atoms with Crippen LogP contribution in [-0.4, -0.2) is 0 Å². The van der Waals surface area contributed by atoms with Crippen molar-refractivity contribution in [2.45, 2.75) is 18.2 Å². The molecule has 0 N–H and O–H groups in total. The molecule has 12 heavy (non-hydrogen) atoms. The largest absolute Gasteiger partial charge is 0.0985 e. The lowest BCUT2D eigenvalue weighted by Crippen LogP contribution is -1.86. The molecule has 0 bridgehead atoms. The molecule has 0 nitrogen and oxygen atoms in total. The van der Waals surface area contributed by atoms with Crippen molar-refractivity contribution in [1.82, 2.24) is 0 Å². The molecule has 1 heteroatoms. The van der Waals surface area contributed by atoms with E-state index in [4.69, 9.17) is 0 Å². The van der Waals surface area contributed by atoms with Crippen molar-refractivity contribution in [3.8, 4) is 0 Å². The number of hydrogen-bond acceptors (Lipinski definition) is 0. The fourth-order valence-electron chi connectivity index (χ4n) is 1.08. The van der Waals surface area contributed by atoms with Crippen LogP contribution in [0.5, 0.6) is 0 Å². The molecule has 1 atom stereocenters. The average molecular weight is 225 g/mol. The highest BCUT2D eigenvalue weighted by Crippen LogP contribution is 2.25. The first kappa shape index (κ1) is 9.53. The predicted molar refractivity (Wildman–Crippen MR) is 58.5 cm³/mol. The van der Waals surface area contributed by atoms with Crippen LogP contribution >= 0.6 is 15.9 Å². The highest BCUT2D eigenvalue weighted by Gasteiger charge is 2.02. The topological polar surface area (TPSA) is 0 Å². The molecule has 0 aliphatic heterocycles. The van der Waals surface area contributed by atoms with Gasteiger partial charge >= 0.3 is 0 Å². The fraction of sp³-hybridized carbons (Fsp3) is 0.273. The van der Waals surface area contributed by atoms with E-state index in [1.807, 2.05) is 6.08 Å². The second-order valence-corrected chi connectivity index (χ2v) is 3.85. The third-order valence-electron chi connectivity index (χ3n) is 1.89. The van der Waals surface area contributed by atoms with Gasteiger partial charge in [-0.3, -0.25) is 0 Å². The van der Waals surface area contributed by atoms with Crippen LogP contribution in [0.1, 0.15) is 29.3 Å². The summed E-state index contributed by atoms with van der Waals surface area (Å²) in [4.78, 5) is 0.483. The zero-order valence-electron chi connectivity index (χ0n) is 7.26. The van der Waals surface area contributed by atoms with Crippen LogP contribution in [0.4, 0.5) is 0 Å². The van der Waals surface area contributed by atoms with E-state index in [-0.39, 0.29) is 0 Å². The standard InChI is InChI=1S/C11H13Br/c1-3-9-5-7-10(8-6-9)11(12)4-2/h3,5-8,11H,1,4H2,2H3. The average Bonchev–Trinajstić information content (AvgIpc) is 2.17. The second-order valence-electron chi connectivity index (χ2n) is 2.75. The summed E-state index contributed by atoms with van der Waals surface area (Å²) in [6.45, 7) is 5.88. The Bertz CT molecular complexity index is 248. The Kier molecular flexibility index (Phi) is 3.54. The Balaban J connectivity index is 2.84. The molecule has 0 spiro atoms. The van der Waals surface area contributed by atoms with Gasteiger partial charge in [0.2, 0.25) is 0 Å². The summed E-state index contributed by atoms with van der Waals surface area (Å²) in [6.07, 6.45) is 2.98. The van der Waals surface area contributed by atoms with Gasteiger partial charge < -0.3 is 0 Å². The van der Waals surface area contributed by atoms with Gasteiger partial charge in [0, 0.05) is 4.83 Å². The van der Waals surface area contributed by atoms with Gasteiger partial charge in [-0.15, -0.1) is 0 Å². The SMILES string of the molecule is C=Cc1ccc(C(Br)CC)cc1. The minimum absolute atomic E-state index is 0.483. The molecule has 0 amide bonds. The fourth-order valence-corrected chi connectivity index (χ4v) is 1.38. The van der Waals surface area contributed by atoms with E-state index in [1.165, 1.54) is 11.1 Å². The minimum Gasteiger partial charge on any atom is -0.0985 e. The van der Waals surface area contributed by atoms with Crippen molar-refractivity contribution >= 4 is 22.0 Å². The molecule has 0 radical (unpaired) electrons. The molecule has 0 aliphatic carbocycles. The van der Waals surface area contributed by atoms with Crippen LogP contribution in [-0.2, 0) is 0 Å². The maximum absolute atomic E-state index is 3.71. The Labute approximate surface area is 82.4 Å². The van der Waals surface area contributed by atoms with Crippen molar-refractivity contribution < 1.29 is 0 Å². The van der Waals surface area contributed by atoms with Gasteiger partial charge in [0.15, 0.2) is 0 Å². The third kappa shape index (κ3) is 2.21. The molecule has 0 aliphatic rings. The quantitative estimate of drug-likeness (QED) is 0.677. The summed E-state index contributed by atoms with van der Waals surface area (Å²) in [5, 5.41) is 0. The molecule has 64 valence electrons. The third-order valence-corrected chi connectivity index (χ3v) is 3.07. The zero-order valence-corrected chi connectivity index (χ0v) is 8.84. The summed E-state index contributed by atoms with van der Waals surface area (Å²) >= 11 is 3.61. The first-order valence-electron chi connectivity index (χ1n) is 4.14. The van der Waals surface area contributed by atoms with E-state index in [9.17, 15) is 0 Å². The van der Waals surface area contributed by atoms with Gasteiger partial charge in [0.1, 0.15) is 0 Å². The van der Waals surface area contributed by atoms with Gasteiger partial charge in [0.05, 0.1) is 0 Å². The maximum Gasteiger partial charge on any atom is 0.0392 e. The van der Waals surface area contributed by atoms with Crippen molar-refractivity contribution in [1.29, 1.82) is 0 Å². The molecule has 0 fully saturated rings. The van der Waals surface area contributed by atoms with Crippen LogP contribution in [0.15, 0.2) is 30.8 Å². The van der Waals surface area contributed by atoms with Gasteiger partial charge in [-0.2, -0.15) is 0 Å². The summed E-state index contributed by atoms with van der Waals surface area (Å²) in [5.41, 5.74) is 2.51. The van der Waals surface area contributed by atoms with E-state index < -0.39 is 0 Å². The van der Waals surface area contributed by atoms with E-state index in [0.717, 1.165) is 6.42 Å². The molecule has 0 heterocycles. The number of rotatable bonds is 3. The van der Waals surface area contributed by atoms with Crippen molar-refractivity contribution in [2.75, 3.05) is 0 Å². The first-order chi connectivity index (χ1) is 5.77. The van der Waals surface area contributed by atoms with Gasteiger partial charge in [-0.05, 0) is 17.5 Å². The smallest absolute Gasteiger partial charge is 0.0392 e. The molecule has 0 aromatic heterocycles. The monoisotopic (exact) mass is 224 g/mol. The number of alkyl halides is 1. The Morgan fingerprint density at radius 1 is 1.42 bits per heavy atom. The second kappa shape index (κ2) is 4.46. The van der Waals surface area contributed by atoms with Crippen LogP contribution in [0.25, 0.3) is 6.08 Å². The van der Waals surface area contributed by atoms with Crippen molar-refractivity contribution in [3.05, 3.63) is 42.0 Å². The number of halogens is 1. The Morgan fingerprint density at radius 2 is 2.00 bits per heavy atom. The van der Waals surface area contributed by atoms with Crippen LogP contribution in [0.3, 0.4) is 0 Å². The summed E-state index contributed by atoms with van der Waals surface area (Å²) in [5.74, 6) is 0. The maximum atomic E-state index is 3.71. The van der Waals surface area contributed by atoms with Crippen LogP contribution < -0.4 is 0 Å². The van der Waals surface area contributed by atoms with Crippen molar-refractivity contribution in [2.24, 2.45) is 0 Å². The van der Waals surface area contributed by atoms with Crippen LogP contribution in [0, 0.1) is 0 Å². The van der Waals surface area contributed by atoms with E-state index in [1.54, 1.807) is 0 Å². The zero-order chi connectivity index (χ0) is 8.97. The lowest BCUT2D eigenvalue weighted by molar-refractivity contribution is 0.911. The van der Waals surface area contributed by atoms with Crippen molar-refractivity contribution in [3.63, 3.8) is 0 Å². The Hall–Kier alpha value is -0.560. The molecular formula is C11H13Br. The predicted octanol–water partition coefficient (Wildman–Crippen LogP) is 4.18. The number of hydrogen-bond donors (Lipinski definition) is 0. The molecule has 1 aromatic rings. The first-order valence-corrected chi connectivity index (χ1v) is 5.06. The van der Waals surface area contributed by atoms with E-state index >= 15 is 0 Å². The molecule has 1 unspecified atom stereocenters. The molecule has 0 saturated heterocycles. The Morgan fingerprint density at radius 3 is 2.42 bits per heavy atom. The highest BCUT2D eigenvalue weighted by atomic mass is 79.9. The molecule has 0 saturated carbocycles. The summed E-state index contributed by atoms with van der Waals surface area (Å²) < 4.78 is 0. The van der Waals surface area contributed by atoms with Gasteiger partial charge in [0.25, 0.3) is 0 Å². The molecule has 1 rings (SSSR count). The normalized spacial score (nSPS) is 12.5. The van der Waals surface area contributed by atoms with Gasteiger partial charge in [-0.25, -0.2) is 0 Å². The summed E-state index contributed by atoms with van der Waals surface area (Å²) in [6, 6.07) is 8.46. The van der Waals surface area contributed by atoms with E-state index in [0.29, 0.717) is 4.83 Å². The minimum atomic E-state index is 0.483. The lowest BCUT2D eigenvalue weighted by atomic mass is 10.1. The van der Waals surface area contributed by atoms with E-state index in [2.05, 4.69) is 53.7 Å². The summed E-state index contributed by atoms with van der Waals surface area (Å²) in [7, 11) is 0. The highest BCUT2D eigenvalue weighted by molar-refractivity contribution is 9.09. The molecular weight excluding hydrogens is 212 g/mol. The van der Waals surface area contributed by atoms with Crippen LogP contribution in [0.2, 0.25) is 0 Å². The number of benzene rings is 1. The molecule has 1 aromatic carbocycles. The lowest BCUT2D eigenvalue weighted by Gasteiger charge is -2.06. The van der Waals surface area contributed by atoms with Gasteiger partial charge in [-0.1, -0.05) is 59.8 Å².